The summed E-state index contributed by atoms with van der Waals surface area (Å²) in [7, 11) is 0. The van der Waals surface area contributed by atoms with Gasteiger partial charge in [0.25, 0.3) is 0 Å². The topological polar surface area (TPSA) is 77.4 Å². The highest BCUT2D eigenvalue weighted by Gasteiger charge is 2.22. The predicted octanol–water partition coefficient (Wildman–Crippen LogP) is 5.40. The first-order valence-electron chi connectivity index (χ1n) is 10.5. The first-order chi connectivity index (χ1) is 15.6. The van der Waals surface area contributed by atoms with Crippen LogP contribution in [-0.2, 0) is 16.1 Å². The van der Waals surface area contributed by atoms with Crippen molar-refractivity contribution in [3.8, 4) is 11.5 Å². The number of thiophene rings is 1. The zero-order valence-electron chi connectivity index (χ0n) is 17.8. The van der Waals surface area contributed by atoms with Crippen molar-refractivity contribution in [2.75, 3.05) is 13.2 Å². The lowest BCUT2D eigenvalue weighted by Crippen LogP contribution is -2.14. The molecule has 2 heterocycles. The van der Waals surface area contributed by atoms with Gasteiger partial charge >= 0.3 is 5.97 Å². The molecule has 0 radical (unpaired) electrons. The maximum absolute atomic E-state index is 11.3. The van der Waals surface area contributed by atoms with Crippen molar-refractivity contribution in [3.63, 3.8) is 0 Å². The summed E-state index contributed by atoms with van der Waals surface area (Å²) in [5.41, 5.74) is 3.84. The molecule has 0 aliphatic carbocycles. The second-order valence-electron chi connectivity index (χ2n) is 7.51. The molecule has 0 saturated carbocycles. The Morgan fingerprint density at radius 2 is 2.12 bits per heavy atom. The van der Waals surface area contributed by atoms with Crippen LogP contribution in [0.2, 0.25) is 0 Å². The normalized spacial score (nSPS) is 13.8. The molecular weight excluding hydrogens is 426 g/mol. The molecule has 2 aromatic carbocycles. The fourth-order valence-corrected chi connectivity index (χ4v) is 4.19. The molecule has 3 aromatic rings. The number of aliphatic carboxylic acids is 1. The highest BCUT2D eigenvalue weighted by molar-refractivity contribution is 7.07. The number of carboxylic acid groups (broad SMARTS) is 1. The van der Waals surface area contributed by atoms with Crippen molar-refractivity contribution in [2.24, 2.45) is 4.99 Å². The van der Waals surface area contributed by atoms with Crippen molar-refractivity contribution in [1.29, 1.82) is 0 Å². The number of rotatable bonds is 10. The van der Waals surface area contributed by atoms with Crippen LogP contribution in [0.3, 0.4) is 0 Å². The first kappa shape index (κ1) is 21.9. The molecule has 0 saturated heterocycles. The molecule has 1 N–H and O–H groups in total. The maximum Gasteiger partial charge on any atom is 0.303 e. The van der Waals surface area contributed by atoms with Crippen LogP contribution in [0, 0.1) is 6.92 Å². The van der Waals surface area contributed by atoms with Crippen LogP contribution >= 0.6 is 11.3 Å². The number of aliphatic imine (C=N–C) groups is 1. The van der Waals surface area contributed by atoms with E-state index in [0.29, 0.717) is 43.6 Å². The third-order valence-corrected chi connectivity index (χ3v) is 5.91. The van der Waals surface area contributed by atoms with Crippen LogP contribution in [0.1, 0.15) is 41.2 Å². The van der Waals surface area contributed by atoms with E-state index < -0.39 is 12.1 Å². The lowest BCUT2D eigenvalue weighted by Gasteiger charge is -2.23. The molecular formula is C25H25NO5S. The van der Waals surface area contributed by atoms with Crippen molar-refractivity contribution in [2.45, 2.75) is 32.5 Å². The molecule has 1 aliphatic heterocycles. The molecule has 166 valence electrons. The molecule has 6 nitrogen and oxygen atoms in total. The molecule has 1 aromatic heterocycles. The molecule has 1 aliphatic rings. The van der Waals surface area contributed by atoms with E-state index in [-0.39, 0.29) is 6.42 Å². The summed E-state index contributed by atoms with van der Waals surface area (Å²) in [4.78, 5) is 15.7. The van der Waals surface area contributed by atoms with Crippen LogP contribution in [0.15, 0.2) is 64.3 Å². The number of ether oxygens (including phenoxy) is 3. The van der Waals surface area contributed by atoms with Crippen LogP contribution in [0.4, 0.5) is 0 Å². The Morgan fingerprint density at radius 3 is 2.84 bits per heavy atom. The van der Waals surface area contributed by atoms with Gasteiger partial charge in [-0.15, -0.1) is 0 Å². The molecule has 4 rings (SSSR count). The fraction of sp³-hybridized carbons (Fsp3) is 0.280. The number of benzene rings is 2. The van der Waals surface area contributed by atoms with E-state index >= 15 is 0 Å². The Kier molecular flexibility index (Phi) is 7.07. The molecule has 0 bridgehead atoms. The van der Waals surface area contributed by atoms with E-state index in [1.165, 1.54) is 0 Å². The van der Waals surface area contributed by atoms with Crippen LogP contribution in [0.25, 0.3) is 0 Å². The summed E-state index contributed by atoms with van der Waals surface area (Å²) in [6.45, 7) is 3.59. The van der Waals surface area contributed by atoms with Gasteiger partial charge in [0.15, 0.2) is 0 Å². The van der Waals surface area contributed by atoms with E-state index in [0.717, 1.165) is 22.3 Å². The standard InChI is InChI=1S/C25H25NO5S/c1-17-4-2-3-5-20(17)22(8-9-24(27)28)31-23-14-19(30-15-18-10-13-32-16-18)6-7-21(23)25-26-11-12-29-25/h2-7,10,13-14,16,22H,8-9,11-12,15H2,1H3,(H,27,28)/t22-/m0/s1. The zero-order chi connectivity index (χ0) is 22.3. The monoisotopic (exact) mass is 451 g/mol. The average molecular weight is 452 g/mol. The minimum Gasteiger partial charge on any atom is -0.489 e. The quantitative estimate of drug-likeness (QED) is 0.447. The van der Waals surface area contributed by atoms with Gasteiger partial charge in [-0.3, -0.25) is 4.79 Å². The number of hydrogen-bond donors (Lipinski definition) is 1. The average Bonchev–Trinajstić information content (AvgIpc) is 3.50. The van der Waals surface area contributed by atoms with Gasteiger partial charge in [-0.2, -0.15) is 11.3 Å². The number of nitrogens with zero attached hydrogens (tertiary/aromatic N) is 1. The smallest absolute Gasteiger partial charge is 0.303 e. The van der Waals surface area contributed by atoms with Crippen molar-refractivity contribution in [1.82, 2.24) is 0 Å². The van der Waals surface area contributed by atoms with Gasteiger partial charge in [-0.05, 0) is 59.0 Å². The molecule has 1 atom stereocenters. The second kappa shape index (κ2) is 10.3. The van der Waals surface area contributed by atoms with Crippen LogP contribution < -0.4 is 9.47 Å². The Labute approximate surface area is 191 Å². The third kappa shape index (κ3) is 5.48. The van der Waals surface area contributed by atoms with Gasteiger partial charge in [-0.1, -0.05) is 24.3 Å². The molecule has 0 unspecified atom stereocenters. The minimum absolute atomic E-state index is 0.000127. The number of hydrogen-bond acceptors (Lipinski definition) is 6. The van der Waals surface area contributed by atoms with E-state index in [4.69, 9.17) is 14.2 Å². The minimum atomic E-state index is -0.858. The first-order valence-corrected chi connectivity index (χ1v) is 11.4. The van der Waals surface area contributed by atoms with E-state index in [2.05, 4.69) is 4.99 Å². The summed E-state index contributed by atoms with van der Waals surface area (Å²) >= 11 is 1.63. The Balaban J connectivity index is 1.64. The summed E-state index contributed by atoms with van der Waals surface area (Å²) in [5, 5.41) is 13.3. The van der Waals surface area contributed by atoms with Crippen molar-refractivity contribution >= 4 is 23.2 Å². The van der Waals surface area contributed by atoms with Crippen LogP contribution in [-0.4, -0.2) is 30.1 Å². The number of carbonyl (C=O) groups is 1. The summed E-state index contributed by atoms with van der Waals surface area (Å²) in [5.74, 6) is 0.900. The van der Waals surface area contributed by atoms with E-state index in [9.17, 15) is 9.90 Å². The SMILES string of the molecule is Cc1ccccc1[C@H](CCC(=O)O)Oc1cc(OCc2ccsc2)ccc1C1=NCCO1. The largest absolute Gasteiger partial charge is 0.489 e. The van der Waals surface area contributed by atoms with Gasteiger partial charge in [0.05, 0.1) is 12.1 Å². The molecule has 0 amide bonds. The highest BCUT2D eigenvalue weighted by atomic mass is 32.1. The van der Waals surface area contributed by atoms with Gasteiger partial charge in [0.2, 0.25) is 5.90 Å². The number of carboxylic acids is 1. The number of aryl methyl sites for hydroxylation is 1. The van der Waals surface area contributed by atoms with Crippen molar-refractivity contribution < 1.29 is 24.1 Å². The van der Waals surface area contributed by atoms with Gasteiger partial charge in [0.1, 0.15) is 30.8 Å². The molecule has 0 spiro atoms. The second-order valence-corrected chi connectivity index (χ2v) is 8.29. The summed E-state index contributed by atoms with van der Waals surface area (Å²) in [6, 6.07) is 15.5. The van der Waals surface area contributed by atoms with Crippen molar-refractivity contribution in [3.05, 3.63) is 81.5 Å². The van der Waals surface area contributed by atoms with E-state index in [1.807, 2.05) is 66.2 Å². The Hall–Kier alpha value is -3.32. The zero-order valence-corrected chi connectivity index (χ0v) is 18.6. The lowest BCUT2D eigenvalue weighted by atomic mass is 9.99. The molecule has 7 heteroatoms. The van der Waals surface area contributed by atoms with Gasteiger partial charge < -0.3 is 19.3 Å². The maximum atomic E-state index is 11.3. The predicted molar refractivity (Wildman–Crippen MR) is 124 cm³/mol. The summed E-state index contributed by atoms with van der Waals surface area (Å²) in [6.07, 6.45) is -0.0900. The third-order valence-electron chi connectivity index (χ3n) is 5.18. The molecule has 0 fully saturated rings. The Bertz CT molecular complexity index is 1090. The van der Waals surface area contributed by atoms with Crippen LogP contribution in [0.5, 0.6) is 11.5 Å². The lowest BCUT2D eigenvalue weighted by molar-refractivity contribution is -0.137. The fourth-order valence-electron chi connectivity index (χ4n) is 3.54. The molecule has 32 heavy (non-hydrogen) atoms. The summed E-state index contributed by atoms with van der Waals surface area (Å²) < 4.78 is 18.1. The van der Waals surface area contributed by atoms with Gasteiger partial charge in [0, 0.05) is 12.5 Å². The Morgan fingerprint density at radius 1 is 1.25 bits per heavy atom. The van der Waals surface area contributed by atoms with Gasteiger partial charge in [-0.25, -0.2) is 4.99 Å². The van der Waals surface area contributed by atoms with E-state index in [1.54, 1.807) is 11.3 Å². The highest BCUT2D eigenvalue weighted by Crippen LogP contribution is 2.34.